The summed E-state index contributed by atoms with van der Waals surface area (Å²) in [6, 6.07) is -0.0197. The number of nitrogens with one attached hydrogen (secondary N) is 2. The van der Waals surface area contributed by atoms with E-state index in [4.69, 9.17) is 4.74 Å². The van der Waals surface area contributed by atoms with Gasteiger partial charge in [0, 0.05) is 7.05 Å². The third kappa shape index (κ3) is 2.73. The summed E-state index contributed by atoms with van der Waals surface area (Å²) in [7, 11) is 2.85. The molecule has 19 heavy (non-hydrogen) atoms. The molecule has 2 heterocycles. The molecule has 0 aliphatic carbocycles. The first kappa shape index (κ1) is 13.5. The number of methoxy groups -OCH3 is 1. The highest BCUT2D eigenvalue weighted by molar-refractivity contribution is 5.88. The lowest BCUT2D eigenvalue weighted by molar-refractivity contribution is -0.121. The Morgan fingerprint density at radius 1 is 1.58 bits per heavy atom. The highest BCUT2D eigenvalue weighted by Crippen LogP contribution is 2.25. The number of amides is 1. The summed E-state index contributed by atoms with van der Waals surface area (Å²) in [6.45, 7) is 0.907. The Kier molecular flexibility index (Phi) is 4.10. The van der Waals surface area contributed by atoms with Gasteiger partial charge in [0.1, 0.15) is 6.54 Å². The van der Waals surface area contributed by atoms with Crippen LogP contribution in [0.25, 0.3) is 0 Å². The van der Waals surface area contributed by atoms with E-state index in [0.717, 1.165) is 19.4 Å². The first-order valence-electron chi connectivity index (χ1n) is 6.13. The van der Waals surface area contributed by atoms with Crippen molar-refractivity contribution < 1.29 is 14.3 Å². The van der Waals surface area contributed by atoms with Crippen LogP contribution in [-0.4, -0.2) is 47.6 Å². The predicted molar refractivity (Wildman–Crippen MR) is 65.4 cm³/mol. The third-order valence-electron chi connectivity index (χ3n) is 3.11. The van der Waals surface area contributed by atoms with Crippen molar-refractivity contribution in [2.24, 2.45) is 0 Å². The Labute approximate surface area is 110 Å². The van der Waals surface area contributed by atoms with Gasteiger partial charge in [0.15, 0.2) is 5.69 Å². The monoisotopic (exact) mass is 267 g/mol. The summed E-state index contributed by atoms with van der Waals surface area (Å²) in [5.74, 6) is -0.729. The van der Waals surface area contributed by atoms with Gasteiger partial charge in [0.05, 0.1) is 18.8 Å². The molecule has 8 heteroatoms. The normalized spacial score (nSPS) is 18.3. The molecule has 0 saturated carbocycles. The van der Waals surface area contributed by atoms with Gasteiger partial charge in [-0.25, -0.2) is 9.48 Å². The highest BCUT2D eigenvalue weighted by Gasteiger charge is 2.29. The molecule has 2 rings (SSSR count). The first-order valence-corrected chi connectivity index (χ1v) is 6.13. The number of esters is 1. The number of carbonyl (C=O) groups excluding carboxylic acids is 2. The number of nitrogens with zero attached hydrogens (tertiary/aromatic N) is 3. The summed E-state index contributed by atoms with van der Waals surface area (Å²) in [5.41, 5.74) is 0.791. The zero-order valence-electron chi connectivity index (χ0n) is 11.0. The van der Waals surface area contributed by atoms with Gasteiger partial charge in [-0.15, -0.1) is 5.10 Å². The van der Waals surface area contributed by atoms with E-state index in [9.17, 15) is 9.59 Å². The number of hydrogen-bond donors (Lipinski definition) is 2. The van der Waals surface area contributed by atoms with Gasteiger partial charge < -0.3 is 15.4 Å². The quantitative estimate of drug-likeness (QED) is 0.695. The molecule has 1 aliphatic rings. The molecule has 1 saturated heterocycles. The maximum atomic E-state index is 11.7. The van der Waals surface area contributed by atoms with Gasteiger partial charge in [0.2, 0.25) is 5.91 Å². The molecule has 0 spiro atoms. The number of likely N-dealkylation sites (N-methyl/N-ethyl adjacent to an activating group) is 1. The molecule has 1 amide bonds. The highest BCUT2D eigenvalue weighted by atomic mass is 16.5. The van der Waals surface area contributed by atoms with Crippen molar-refractivity contribution in [3.63, 3.8) is 0 Å². The van der Waals surface area contributed by atoms with Gasteiger partial charge in [0.25, 0.3) is 0 Å². The van der Waals surface area contributed by atoms with Crippen molar-refractivity contribution in [1.29, 1.82) is 0 Å². The number of hydrogen-bond acceptors (Lipinski definition) is 6. The zero-order valence-corrected chi connectivity index (χ0v) is 11.0. The molecule has 0 radical (unpaired) electrons. The van der Waals surface area contributed by atoms with Crippen LogP contribution in [0, 0.1) is 0 Å². The minimum atomic E-state index is -0.535. The Bertz CT molecular complexity index is 479. The van der Waals surface area contributed by atoms with Gasteiger partial charge >= 0.3 is 5.97 Å². The molecule has 104 valence electrons. The first-order chi connectivity index (χ1) is 9.17. The maximum Gasteiger partial charge on any atom is 0.360 e. The lowest BCUT2D eigenvalue weighted by atomic mass is 10.1. The van der Waals surface area contributed by atoms with Gasteiger partial charge in [-0.1, -0.05) is 5.21 Å². The van der Waals surface area contributed by atoms with E-state index in [1.54, 1.807) is 7.05 Å². The van der Waals surface area contributed by atoms with Crippen LogP contribution >= 0.6 is 0 Å². The minimum Gasteiger partial charge on any atom is -0.464 e. The predicted octanol–water partition coefficient (Wildman–Crippen LogP) is -0.765. The molecule has 8 nitrogen and oxygen atoms in total. The second-order valence-electron chi connectivity index (χ2n) is 4.29. The molecule has 2 N–H and O–H groups in total. The summed E-state index contributed by atoms with van der Waals surface area (Å²) < 4.78 is 6.15. The van der Waals surface area contributed by atoms with Crippen molar-refractivity contribution in [1.82, 2.24) is 25.6 Å². The molecule has 1 aromatic rings. The van der Waals surface area contributed by atoms with Crippen LogP contribution in [0.5, 0.6) is 0 Å². The van der Waals surface area contributed by atoms with E-state index < -0.39 is 5.97 Å². The lowest BCUT2D eigenvalue weighted by Gasteiger charge is -2.13. The second kappa shape index (κ2) is 5.79. The fourth-order valence-corrected chi connectivity index (χ4v) is 2.16. The Hall–Kier alpha value is -1.96. The fraction of sp³-hybridized carbons (Fsp3) is 0.636. The van der Waals surface area contributed by atoms with Crippen LogP contribution in [-0.2, 0) is 16.1 Å². The van der Waals surface area contributed by atoms with Crippen molar-refractivity contribution in [3.8, 4) is 0 Å². The fourth-order valence-electron chi connectivity index (χ4n) is 2.16. The average molecular weight is 267 g/mol. The Morgan fingerprint density at radius 3 is 2.95 bits per heavy atom. The number of carbonyl (C=O) groups is 2. The Morgan fingerprint density at radius 2 is 2.37 bits per heavy atom. The van der Waals surface area contributed by atoms with Crippen molar-refractivity contribution in [2.45, 2.75) is 25.4 Å². The van der Waals surface area contributed by atoms with Crippen molar-refractivity contribution >= 4 is 11.9 Å². The molecule has 1 atom stereocenters. The van der Waals surface area contributed by atoms with Crippen LogP contribution in [0.4, 0.5) is 0 Å². The maximum absolute atomic E-state index is 11.7. The van der Waals surface area contributed by atoms with Gasteiger partial charge in [-0.2, -0.15) is 0 Å². The third-order valence-corrected chi connectivity index (χ3v) is 3.11. The summed E-state index contributed by atoms with van der Waals surface area (Å²) >= 11 is 0. The summed E-state index contributed by atoms with van der Waals surface area (Å²) in [5, 5.41) is 13.5. The smallest absolute Gasteiger partial charge is 0.360 e. The molecule has 1 aliphatic heterocycles. The van der Waals surface area contributed by atoms with Crippen molar-refractivity contribution in [2.75, 3.05) is 20.7 Å². The van der Waals surface area contributed by atoms with E-state index in [2.05, 4.69) is 20.9 Å². The second-order valence-corrected chi connectivity index (χ2v) is 4.29. The number of ether oxygens (including phenoxy) is 1. The number of rotatable bonds is 4. The van der Waals surface area contributed by atoms with Crippen LogP contribution in [0.15, 0.2) is 0 Å². The van der Waals surface area contributed by atoms with Gasteiger partial charge in [-0.05, 0) is 19.4 Å². The molecule has 0 aromatic carbocycles. The topological polar surface area (TPSA) is 98.1 Å². The van der Waals surface area contributed by atoms with E-state index in [0.29, 0.717) is 5.69 Å². The molecule has 0 bridgehead atoms. The molecular formula is C11H17N5O3. The van der Waals surface area contributed by atoms with Crippen LogP contribution in [0.1, 0.15) is 35.1 Å². The zero-order chi connectivity index (χ0) is 13.8. The van der Waals surface area contributed by atoms with Crippen LogP contribution < -0.4 is 10.6 Å². The summed E-state index contributed by atoms with van der Waals surface area (Å²) in [6.07, 6.45) is 1.89. The molecule has 1 aromatic heterocycles. The summed E-state index contributed by atoms with van der Waals surface area (Å²) in [4.78, 5) is 23.2. The number of aromatic nitrogens is 3. The van der Waals surface area contributed by atoms with Crippen LogP contribution in [0.3, 0.4) is 0 Å². The lowest BCUT2D eigenvalue weighted by Crippen LogP contribution is -2.27. The SMILES string of the molecule is CNC(=O)Cn1nnc(C(=O)OC)c1C1CCCN1. The van der Waals surface area contributed by atoms with E-state index in [-0.39, 0.29) is 24.2 Å². The van der Waals surface area contributed by atoms with Gasteiger partial charge in [-0.3, -0.25) is 4.79 Å². The van der Waals surface area contributed by atoms with E-state index in [1.165, 1.54) is 11.8 Å². The molecule has 1 fully saturated rings. The van der Waals surface area contributed by atoms with E-state index >= 15 is 0 Å². The molecule has 1 unspecified atom stereocenters. The molecular weight excluding hydrogens is 250 g/mol. The largest absolute Gasteiger partial charge is 0.464 e. The standard InChI is InChI=1S/C11H17N5O3/c1-12-8(17)6-16-10(7-4-3-5-13-7)9(14-15-16)11(18)19-2/h7,13H,3-6H2,1-2H3,(H,12,17). The van der Waals surface area contributed by atoms with Crippen molar-refractivity contribution in [3.05, 3.63) is 11.4 Å². The average Bonchev–Trinajstić information content (AvgIpc) is 3.06. The van der Waals surface area contributed by atoms with E-state index in [1.807, 2.05) is 0 Å². The Balaban J connectivity index is 2.34. The van der Waals surface area contributed by atoms with Crippen LogP contribution in [0.2, 0.25) is 0 Å². The minimum absolute atomic E-state index is 0.0197.